The Morgan fingerprint density at radius 1 is 0.943 bits per heavy atom. The molecule has 10 atom stereocenters. The molecular formula is C31H46N2O2. The lowest BCUT2D eigenvalue weighted by molar-refractivity contribution is -0.135. The summed E-state index contributed by atoms with van der Waals surface area (Å²) in [6.07, 6.45) is 19.3. The molecule has 0 saturated heterocycles. The van der Waals surface area contributed by atoms with E-state index in [4.69, 9.17) is 5.10 Å². The van der Waals surface area contributed by atoms with Gasteiger partial charge in [-0.05, 0) is 143 Å². The summed E-state index contributed by atoms with van der Waals surface area (Å²) in [6, 6.07) is 0. The maximum Gasteiger partial charge on any atom is 0.158 e. The van der Waals surface area contributed by atoms with E-state index in [2.05, 4.69) is 20.0 Å². The molecule has 7 rings (SSSR count). The molecule has 4 heteroatoms. The van der Waals surface area contributed by atoms with Crippen molar-refractivity contribution in [2.24, 2.45) is 52.8 Å². The number of carbonyl (C=O) groups is 1. The Hall–Kier alpha value is -1.16. The van der Waals surface area contributed by atoms with E-state index in [1.165, 1.54) is 75.5 Å². The van der Waals surface area contributed by atoms with Gasteiger partial charge in [-0.1, -0.05) is 13.3 Å². The summed E-state index contributed by atoms with van der Waals surface area (Å²) in [6.45, 7) is 5.11. The number of nitrogens with zero attached hydrogens (tertiary/aromatic N) is 2. The number of carbonyl (C=O) groups excluding carboxylic acids is 1. The summed E-state index contributed by atoms with van der Waals surface area (Å²) in [7, 11) is 0. The highest BCUT2D eigenvalue weighted by molar-refractivity contribution is 5.82. The van der Waals surface area contributed by atoms with Crippen molar-refractivity contribution in [2.75, 3.05) is 0 Å². The molecule has 5 saturated carbocycles. The smallest absolute Gasteiger partial charge is 0.158 e. The molecule has 6 aliphatic carbocycles. The van der Waals surface area contributed by atoms with Crippen molar-refractivity contribution in [2.45, 2.75) is 116 Å². The minimum atomic E-state index is -0.440. The number of rotatable bonds is 3. The van der Waals surface area contributed by atoms with Gasteiger partial charge in [-0.15, -0.1) is 0 Å². The second-order valence-electron chi connectivity index (χ2n) is 14.3. The molecule has 5 fully saturated rings. The Labute approximate surface area is 211 Å². The van der Waals surface area contributed by atoms with Gasteiger partial charge in [0, 0.05) is 12.1 Å². The molecule has 0 bridgehead atoms. The van der Waals surface area contributed by atoms with Crippen molar-refractivity contribution in [1.82, 2.24) is 9.78 Å². The first-order valence-corrected chi connectivity index (χ1v) is 15.1. The van der Waals surface area contributed by atoms with Crippen molar-refractivity contribution < 1.29 is 9.90 Å². The van der Waals surface area contributed by atoms with Crippen LogP contribution in [0.15, 0.2) is 6.20 Å². The quantitative estimate of drug-likeness (QED) is 0.581. The molecule has 4 nitrogen and oxygen atoms in total. The second-order valence-corrected chi connectivity index (χ2v) is 14.3. The van der Waals surface area contributed by atoms with Gasteiger partial charge in [-0.25, -0.2) is 0 Å². The highest BCUT2D eigenvalue weighted by atomic mass is 16.3. The first kappa shape index (κ1) is 23.0. The summed E-state index contributed by atoms with van der Waals surface area (Å²) in [5.74, 6) is 6.09. The fourth-order valence-corrected chi connectivity index (χ4v) is 11.4. The molecule has 1 heterocycles. The number of aliphatic hydroxyl groups is 1. The first-order chi connectivity index (χ1) is 16.8. The molecule has 0 radical (unpaired) electrons. The number of hydrogen-bond donors (Lipinski definition) is 1. The van der Waals surface area contributed by atoms with Crippen LogP contribution in [0.5, 0.6) is 0 Å². The van der Waals surface area contributed by atoms with E-state index in [9.17, 15) is 9.90 Å². The molecule has 1 N–H and O–H groups in total. The van der Waals surface area contributed by atoms with E-state index in [0.717, 1.165) is 61.2 Å². The van der Waals surface area contributed by atoms with Gasteiger partial charge in [0.1, 0.15) is 0 Å². The van der Waals surface area contributed by atoms with E-state index in [-0.39, 0.29) is 11.3 Å². The van der Waals surface area contributed by atoms with Crippen molar-refractivity contribution in [3.05, 3.63) is 17.5 Å². The Kier molecular flexibility index (Phi) is 5.37. The van der Waals surface area contributed by atoms with Crippen LogP contribution in [0.1, 0.15) is 102 Å². The van der Waals surface area contributed by atoms with Gasteiger partial charge in [0.15, 0.2) is 5.78 Å². The van der Waals surface area contributed by atoms with E-state index < -0.39 is 5.60 Å². The van der Waals surface area contributed by atoms with Crippen molar-refractivity contribution in [1.29, 1.82) is 0 Å². The fourth-order valence-electron chi connectivity index (χ4n) is 11.4. The summed E-state index contributed by atoms with van der Waals surface area (Å²) < 4.78 is 2.02. The van der Waals surface area contributed by atoms with Gasteiger partial charge in [0.2, 0.25) is 0 Å². The molecule has 192 valence electrons. The third-order valence-electron chi connectivity index (χ3n) is 12.5. The minimum Gasteiger partial charge on any atom is -0.390 e. The monoisotopic (exact) mass is 478 g/mol. The maximum atomic E-state index is 14.1. The van der Waals surface area contributed by atoms with E-state index in [1.807, 2.05) is 4.68 Å². The highest BCUT2D eigenvalue weighted by Crippen LogP contribution is 2.70. The van der Waals surface area contributed by atoms with Crippen LogP contribution in [0.2, 0.25) is 0 Å². The molecule has 3 unspecified atom stereocenters. The molecule has 6 aliphatic rings. The van der Waals surface area contributed by atoms with E-state index >= 15 is 0 Å². The van der Waals surface area contributed by atoms with Crippen LogP contribution in [0, 0.1) is 52.8 Å². The van der Waals surface area contributed by atoms with Crippen LogP contribution in [-0.4, -0.2) is 26.3 Å². The number of fused-ring (bicyclic) bond motifs is 8. The lowest BCUT2D eigenvalue weighted by Gasteiger charge is -2.57. The zero-order valence-electron chi connectivity index (χ0n) is 22.1. The van der Waals surface area contributed by atoms with E-state index in [1.54, 1.807) is 0 Å². The molecule has 1 aromatic rings. The molecule has 0 aromatic carbocycles. The molecular weight excluding hydrogens is 432 g/mol. The van der Waals surface area contributed by atoms with Crippen molar-refractivity contribution in [3.63, 3.8) is 0 Å². The van der Waals surface area contributed by atoms with Crippen LogP contribution in [0.25, 0.3) is 0 Å². The zero-order chi connectivity index (χ0) is 23.9. The fraction of sp³-hybridized carbons (Fsp3) is 0.871. The molecule has 0 amide bonds. The Balaban J connectivity index is 1.15. The largest absolute Gasteiger partial charge is 0.390 e. The SMILES string of the molecule is C[C@@]1(O)CC[C@H]2C(CCC3C4[C@@H]5CCC[C@@H]5[C@H](C(=O)Cn5cc6c(n5)CCCC6)[C@@]4(C)CC[C@@H]32)C1. The average Bonchev–Trinajstić information content (AvgIpc) is 3.49. The van der Waals surface area contributed by atoms with E-state index in [0.29, 0.717) is 18.2 Å². The van der Waals surface area contributed by atoms with Crippen LogP contribution < -0.4 is 0 Å². The van der Waals surface area contributed by atoms with Crippen LogP contribution >= 0.6 is 0 Å². The normalized spacial score (nSPS) is 48.4. The van der Waals surface area contributed by atoms with Gasteiger partial charge >= 0.3 is 0 Å². The topological polar surface area (TPSA) is 55.1 Å². The molecule has 35 heavy (non-hydrogen) atoms. The number of hydrogen-bond acceptors (Lipinski definition) is 3. The van der Waals surface area contributed by atoms with Gasteiger partial charge in [0.25, 0.3) is 0 Å². The van der Waals surface area contributed by atoms with Gasteiger partial charge in [0.05, 0.1) is 17.8 Å². The summed E-state index contributed by atoms with van der Waals surface area (Å²) >= 11 is 0. The zero-order valence-corrected chi connectivity index (χ0v) is 22.1. The third kappa shape index (κ3) is 3.55. The van der Waals surface area contributed by atoms with Crippen LogP contribution in [0.4, 0.5) is 0 Å². The molecule has 0 aliphatic heterocycles. The highest BCUT2D eigenvalue weighted by Gasteiger charge is 2.66. The predicted octanol–water partition coefficient (Wildman–Crippen LogP) is 5.99. The lowest BCUT2D eigenvalue weighted by atomic mass is 9.48. The number of ketones is 1. The summed E-state index contributed by atoms with van der Waals surface area (Å²) in [4.78, 5) is 14.1. The first-order valence-electron chi connectivity index (χ1n) is 15.1. The van der Waals surface area contributed by atoms with Gasteiger partial charge in [-0.3, -0.25) is 9.48 Å². The van der Waals surface area contributed by atoms with Crippen molar-refractivity contribution >= 4 is 5.78 Å². The number of aromatic nitrogens is 2. The minimum absolute atomic E-state index is 0.188. The summed E-state index contributed by atoms with van der Waals surface area (Å²) in [5.41, 5.74) is 2.39. The Bertz CT molecular complexity index is 973. The Morgan fingerprint density at radius 2 is 1.71 bits per heavy atom. The number of Topliss-reactive ketones (excluding diaryl/α,β-unsaturated/α-hetero) is 1. The summed E-state index contributed by atoms with van der Waals surface area (Å²) in [5, 5.41) is 15.6. The molecule has 0 spiro atoms. The Morgan fingerprint density at radius 3 is 2.57 bits per heavy atom. The van der Waals surface area contributed by atoms with Gasteiger partial charge < -0.3 is 5.11 Å². The van der Waals surface area contributed by atoms with Crippen LogP contribution in [0.3, 0.4) is 0 Å². The van der Waals surface area contributed by atoms with Gasteiger partial charge in [-0.2, -0.15) is 5.10 Å². The van der Waals surface area contributed by atoms with Crippen LogP contribution in [-0.2, 0) is 24.2 Å². The second kappa shape index (κ2) is 8.17. The molecule has 1 aromatic heterocycles. The third-order valence-corrected chi connectivity index (χ3v) is 12.5. The van der Waals surface area contributed by atoms with Crippen molar-refractivity contribution in [3.8, 4) is 0 Å². The average molecular weight is 479 g/mol. The predicted molar refractivity (Wildman–Crippen MR) is 137 cm³/mol. The maximum absolute atomic E-state index is 14.1. The number of aryl methyl sites for hydroxylation is 2. The standard InChI is InChI=1S/C31H46N2O2/c1-30(35)14-12-21-19(16-30)10-11-25-22(21)13-15-31(2)28(25)23-7-5-8-24(23)29(31)27(34)18-33-17-20-6-3-4-9-26(20)32-33/h17,19,21-25,28-29,35H,3-16,18H2,1-2H3/t19?,21-,22+,23+,24-,25?,28?,29+,30+,31-/m0/s1. The lowest BCUT2D eigenvalue weighted by Crippen LogP contribution is -2.52.